The molecule has 4 aromatic carbocycles. The number of hydrogen-bond donors (Lipinski definition) is 3. The lowest BCUT2D eigenvalue weighted by Gasteiger charge is -2.37. The van der Waals surface area contributed by atoms with Crippen molar-refractivity contribution in [2.75, 3.05) is 13.6 Å². The topological polar surface area (TPSA) is 134 Å². The number of aromatic amines is 1. The average Bonchev–Trinajstić information content (AvgIpc) is 3.83. The van der Waals surface area contributed by atoms with Gasteiger partial charge in [0.1, 0.15) is 11.6 Å². The van der Waals surface area contributed by atoms with Crippen molar-refractivity contribution < 1.29 is 9.59 Å². The lowest BCUT2D eigenvalue weighted by atomic mass is 9.77. The summed E-state index contributed by atoms with van der Waals surface area (Å²) in [6.07, 6.45) is 3.96. The van der Waals surface area contributed by atoms with Gasteiger partial charge in [0.25, 0.3) is 0 Å². The number of amides is 2. The molecule has 2 amide bonds. The molecule has 0 aliphatic heterocycles. The van der Waals surface area contributed by atoms with E-state index in [1.807, 2.05) is 96.0 Å². The van der Waals surface area contributed by atoms with E-state index in [4.69, 9.17) is 4.98 Å². The SMILES string of the molecule is CNC(=O)C(Cc1cn(C(c2ccccc2)(c2ccccc2)c2ccccc2)cn1)NC(=O)CN(Cc1ccccc1)Cc1nn[nH]n1. The molecule has 0 fully saturated rings. The second kappa shape index (κ2) is 15.1. The van der Waals surface area contributed by atoms with Gasteiger partial charge in [-0.3, -0.25) is 14.5 Å². The molecule has 0 saturated heterocycles. The summed E-state index contributed by atoms with van der Waals surface area (Å²) in [5.74, 6) is -0.161. The van der Waals surface area contributed by atoms with Crippen molar-refractivity contribution in [2.24, 2.45) is 0 Å². The number of H-pyrrole nitrogens is 1. The van der Waals surface area contributed by atoms with E-state index in [1.54, 1.807) is 13.4 Å². The van der Waals surface area contributed by atoms with Crippen LogP contribution in [0.25, 0.3) is 0 Å². The second-order valence-electron chi connectivity index (χ2n) is 11.5. The minimum absolute atomic E-state index is 0.0184. The zero-order valence-corrected chi connectivity index (χ0v) is 26.6. The van der Waals surface area contributed by atoms with Crippen LogP contribution in [0.5, 0.6) is 0 Å². The first-order valence-electron chi connectivity index (χ1n) is 15.8. The van der Waals surface area contributed by atoms with Crippen molar-refractivity contribution in [1.29, 1.82) is 0 Å². The van der Waals surface area contributed by atoms with Crippen LogP contribution in [0.3, 0.4) is 0 Å². The molecule has 2 heterocycles. The fourth-order valence-corrected chi connectivity index (χ4v) is 6.13. The summed E-state index contributed by atoms with van der Waals surface area (Å²) in [4.78, 5) is 33.3. The van der Waals surface area contributed by atoms with E-state index in [0.29, 0.717) is 24.6 Å². The highest BCUT2D eigenvalue weighted by atomic mass is 16.2. The lowest BCUT2D eigenvalue weighted by molar-refractivity contribution is -0.129. The van der Waals surface area contributed by atoms with Gasteiger partial charge in [-0.25, -0.2) is 4.98 Å². The van der Waals surface area contributed by atoms with E-state index < -0.39 is 11.6 Å². The van der Waals surface area contributed by atoms with E-state index in [9.17, 15) is 9.59 Å². The third-order valence-corrected chi connectivity index (χ3v) is 8.28. The molecule has 0 bridgehead atoms. The molecule has 0 aliphatic carbocycles. The number of nitrogens with zero attached hydrogens (tertiary/aromatic N) is 6. The van der Waals surface area contributed by atoms with Gasteiger partial charge in [0.05, 0.1) is 25.1 Å². The first-order chi connectivity index (χ1) is 23.6. The Hall–Kier alpha value is -5.94. The van der Waals surface area contributed by atoms with Gasteiger partial charge in [-0.05, 0) is 22.3 Å². The van der Waals surface area contributed by atoms with Crippen LogP contribution in [0.4, 0.5) is 0 Å². The molecule has 0 spiro atoms. The van der Waals surface area contributed by atoms with Gasteiger partial charge >= 0.3 is 0 Å². The third kappa shape index (κ3) is 7.21. The fourth-order valence-electron chi connectivity index (χ4n) is 6.13. The van der Waals surface area contributed by atoms with Crippen molar-refractivity contribution in [3.8, 4) is 0 Å². The summed E-state index contributed by atoms with van der Waals surface area (Å²) in [5.41, 5.74) is 4.12. The maximum atomic E-state index is 13.5. The molecule has 1 atom stereocenters. The summed E-state index contributed by atoms with van der Waals surface area (Å²) in [6.45, 7) is 0.803. The number of tetrazole rings is 1. The zero-order chi connectivity index (χ0) is 33.2. The predicted octanol–water partition coefficient (Wildman–Crippen LogP) is 3.71. The number of aromatic nitrogens is 6. The largest absolute Gasteiger partial charge is 0.357 e. The minimum Gasteiger partial charge on any atom is -0.357 e. The van der Waals surface area contributed by atoms with Crippen LogP contribution >= 0.6 is 0 Å². The Labute approximate surface area is 279 Å². The van der Waals surface area contributed by atoms with Crippen LogP contribution in [-0.2, 0) is 34.6 Å². The molecular weight excluding hydrogens is 602 g/mol. The highest BCUT2D eigenvalue weighted by molar-refractivity contribution is 5.88. The van der Waals surface area contributed by atoms with Crippen LogP contribution in [0.1, 0.15) is 33.8 Å². The number of rotatable bonds is 14. The number of benzene rings is 4. The third-order valence-electron chi connectivity index (χ3n) is 8.28. The van der Waals surface area contributed by atoms with Crippen molar-refractivity contribution in [3.05, 3.63) is 168 Å². The number of imidazole rings is 1. The van der Waals surface area contributed by atoms with Crippen molar-refractivity contribution >= 4 is 11.8 Å². The minimum atomic E-state index is -0.853. The van der Waals surface area contributed by atoms with Crippen LogP contribution in [0.2, 0.25) is 0 Å². The Bertz CT molecular complexity index is 1780. The van der Waals surface area contributed by atoms with E-state index in [-0.39, 0.29) is 24.8 Å². The first kappa shape index (κ1) is 32.0. The fraction of sp³-hybridized carbons (Fsp3) is 0.189. The number of likely N-dealkylation sites (N-methyl/N-ethyl adjacent to an activating group) is 1. The summed E-state index contributed by atoms with van der Waals surface area (Å²) in [7, 11) is 1.56. The Morgan fingerprint density at radius 1 is 0.812 bits per heavy atom. The van der Waals surface area contributed by atoms with E-state index >= 15 is 0 Å². The monoisotopic (exact) mass is 639 g/mol. The van der Waals surface area contributed by atoms with Crippen LogP contribution in [0.15, 0.2) is 134 Å². The Morgan fingerprint density at radius 2 is 1.38 bits per heavy atom. The van der Waals surface area contributed by atoms with Crippen molar-refractivity contribution in [1.82, 2.24) is 45.7 Å². The Morgan fingerprint density at radius 3 is 1.90 bits per heavy atom. The Balaban J connectivity index is 1.28. The molecule has 0 saturated carbocycles. The quantitative estimate of drug-likeness (QED) is 0.155. The second-order valence-corrected chi connectivity index (χ2v) is 11.5. The molecule has 2 aromatic heterocycles. The summed E-state index contributed by atoms with van der Waals surface area (Å²) >= 11 is 0. The number of nitrogens with one attached hydrogen (secondary N) is 3. The van der Waals surface area contributed by atoms with E-state index in [2.05, 4.69) is 72.2 Å². The van der Waals surface area contributed by atoms with E-state index in [0.717, 1.165) is 22.3 Å². The highest BCUT2D eigenvalue weighted by Gasteiger charge is 2.38. The normalized spacial score (nSPS) is 12.0. The average molecular weight is 640 g/mol. The van der Waals surface area contributed by atoms with Crippen LogP contribution < -0.4 is 10.6 Å². The summed E-state index contributed by atoms with van der Waals surface area (Å²) in [6, 6.07) is 39.9. The summed E-state index contributed by atoms with van der Waals surface area (Å²) in [5, 5.41) is 19.9. The number of hydrogen-bond acceptors (Lipinski definition) is 7. The molecule has 6 aromatic rings. The van der Waals surface area contributed by atoms with Gasteiger partial charge in [0, 0.05) is 26.2 Å². The van der Waals surface area contributed by atoms with Gasteiger partial charge in [0.15, 0.2) is 5.82 Å². The van der Waals surface area contributed by atoms with E-state index in [1.165, 1.54) is 0 Å². The molecular formula is C37H37N9O2. The van der Waals surface area contributed by atoms with Crippen molar-refractivity contribution in [2.45, 2.75) is 31.1 Å². The maximum Gasteiger partial charge on any atom is 0.242 e. The highest BCUT2D eigenvalue weighted by Crippen LogP contribution is 2.40. The van der Waals surface area contributed by atoms with Gasteiger partial charge in [-0.1, -0.05) is 127 Å². The molecule has 0 radical (unpaired) electrons. The predicted molar refractivity (Wildman–Crippen MR) is 181 cm³/mol. The Kier molecular flexibility index (Phi) is 10.1. The van der Waals surface area contributed by atoms with Gasteiger partial charge in [-0.2, -0.15) is 5.21 Å². The van der Waals surface area contributed by atoms with Crippen LogP contribution in [0, 0.1) is 0 Å². The van der Waals surface area contributed by atoms with Crippen molar-refractivity contribution in [3.63, 3.8) is 0 Å². The zero-order valence-electron chi connectivity index (χ0n) is 26.6. The summed E-state index contributed by atoms with van der Waals surface area (Å²) < 4.78 is 2.09. The molecule has 48 heavy (non-hydrogen) atoms. The molecule has 11 nitrogen and oxygen atoms in total. The van der Waals surface area contributed by atoms with Crippen LogP contribution in [-0.4, -0.2) is 66.5 Å². The smallest absolute Gasteiger partial charge is 0.242 e. The molecule has 242 valence electrons. The lowest BCUT2D eigenvalue weighted by Crippen LogP contribution is -2.49. The molecule has 3 N–H and O–H groups in total. The first-order valence-corrected chi connectivity index (χ1v) is 15.8. The molecule has 6 rings (SSSR count). The number of carbonyl (C=O) groups is 2. The van der Waals surface area contributed by atoms with Gasteiger partial charge in [0.2, 0.25) is 11.8 Å². The molecule has 11 heteroatoms. The molecule has 0 aliphatic rings. The maximum absolute atomic E-state index is 13.5. The molecule has 1 unspecified atom stereocenters. The van der Waals surface area contributed by atoms with Gasteiger partial charge in [-0.15, -0.1) is 10.2 Å². The standard InChI is InChI=1S/C37H37N9O2/c1-38-36(48)33(40-35(47)26-45(25-34-41-43-44-42-34)23-28-14-6-2-7-15-28)22-32-24-46(27-39-32)37(29-16-8-3-9-17-29,30-18-10-4-11-19-30)31-20-12-5-13-21-31/h2-21,24,27,33H,22-23,25-26H2,1H3,(H,38,48)(H,40,47)(H,41,42,43,44). The van der Waals surface area contributed by atoms with Gasteiger partial charge < -0.3 is 15.2 Å². The number of carbonyl (C=O) groups excluding carboxylic acids is 2.